The summed E-state index contributed by atoms with van der Waals surface area (Å²) in [7, 11) is 1.64. The second kappa shape index (κ2) is 6.56. The molecule has 0 heterocycles. The smallest absolute Gasteiger partial charge is 0.124 e. The zero-order valence-corrected chi connectivity index (χ0v) is 14.0. The maximum Gasteiger partial charge on any atom is 0.124 e. The number of hydrogen-bond acceptors (Lipinski definition) is 2. The normalized spacial score (nSPS) is 10.3. The van der Waals surface area contributed by atoms with Crippen LogP contribution in [0.1, 0.15) is 5.56 Å². The zero-order valence-electron chi connectivity index (χ0n) is 10.2. The van der Waals surface area contributed by atoms with E-state index in [1.54, 1.807) is 13.2 Å². The largest absolute Gasteiger partial charge is 0.497 e. The predicted molar refractivity (Wildman–Crippen MR) is 87.1 cm³/mol. The first-order valence-corrected chi connectivity index (χ1v) is 7.48. The summed E-state index contributed by atoms with van der Waals surface area (Å²) in [4.78, 5) is 0. The van der Waals surface area contributed by atoms with Gasteiger partial charge in [0.1, 0.15) is 11.6 Å². The van der Waals surface area contributed by atoms with E-state index >= 15 is 0 Å². The van der Waals surface area contributed by atoms with Crippen molar-refractivity contribution in [2.75, 3.05) is 12.4 Å². The van der Waals surface area contributed by atoms with Crippen molar-refractivity contribution in [1.29, 1.82) is 0 Å². The molecule has 0 fully saturated rings. The van der Waals surface area contributed by atoms with Crippen LogP contribution >= 0.6 is 38.5 Å². The minimum atomic E-state index is -0.225. The van der Waals surface area contributed by atoms with Crippen molar-refractivity contribution in [2.45, 2.75) is 6.54 Å². The molecule has 1 N–H and O–H groups in total. The Morgan fingerprint density at radius 2 is 2.05 bits per heavy atom. The molecule has 2 rings (SSSR count). The molecule has 0 aromatic heterocycles. The maximum absolute atomic E-state index is 13.0. The molecule has 100 valence electrons. The Morgan fingerprint density at radius 3 is 2.74 bits per heavy atom. The lowest BCUT2D eigenvalue weighted by Crippen LogP contribution is -2.02. The SMILES string of the molecule is COc1ccc(Br)c(CNc2ccc(F)cc2I)c1. The minimum absolute atomic E-state index is 0.225. The number of nitrogens with one attached hydrogen (secondary N) is 1. The third kappa shape index (κ3) is 3.82. The molecule has 0 bridgehead atoms. The Labute approximate surface area is 133 Å². The number of hydrogen-bond donors (Lipinski definition) is 1. The van der Waals surface area contributed by atoms with Crippen LogP contribution in [0.5, 0.6) is 5.75 Å². The Bertz CT molecular complexity index is 592. The first-order valence-electron chi connectivity index (χ1n) is 5.61. The van der Waals surface area contributed by atoms with Crippen molar-refractivity contribution in [2.24, 2.45) is 0 Å². The van der Waals surface area contributed by atoms with Gasteiger partial charge in [0.15, 0.2) is 0 Å². The molecular weight excluding hydrogens is 424 g/mol. The number of anilines is 1. The van der Waals surface area contributed by atoms with E-state index in [9.17, 15) is 4.39 Å². The van der Waals surface area contributed by atoms with Gasteiger partial charge in [0.25, 0.3) is 0 Å². The van der Waals surface area contributed by atoms with Gasteiger partial charge in [0.2, 0.25) is 0 Å². The third-order valence-electron chi connectivity index (χ3n) is 2.65. The summed E-state index contributed by atoms with van der Waals surface area (Å²) in [6.45, 7) is 0.638. The van der Waals surface area contributed by atoms with Crippen molar-refractivity contribution >= 4 is 44.2 Å². The van der Waals surface area contributed by atoms with E-state index in [2.05, 4.69) is 43.8 Å². The molecular formula is C14H12BrFINO. The van der Waals surface area contributed by atoms with Gasteiger partial charge in [-0.25, -0.2) is 4.39 Å². The summed E-state index contributed by atoms with van der Waals surface area (Å²) in [6.07, 6.45) is 0. The molecule has 19 heavy (non-hydrogen) atoms. The molecule has 2 aromatic rings. The topological polar surface area (TPSA) is 21.3 Å². The molecule has 2 nitrogen and oxygen atoms in total. The average Bonchev–Trinajstić information content (AvgIpc) is 2.39. The van der Waals surface area contributed by atoms with E-state index in [0.717, 1.165) is 25.0 Å². The molecule has 0 saturated heterocycles. The third-order valence-corrected chi connectivity index (χ3v) is 4.32. The average molecular weight is 436 g/mol. The van der Waals surface area contributed by atoms with E-state index in [1.165, 1.54) is 12.1 Å². The fourth-order valence-corrected chi connectivity index (χ4v) is 2.69. The fourth-order valence-electron chi connectivity index (χ4n) is 1.64. The Balaban J connectivity index is 2.14. The lowest BCUT2D eigenvalue weighted by molar-refractivity contribution is 0.414. The fraction of sp³-hybridized carbons (Fsp3) is 0.143. The molecule has 0 saturated carbocycles. The van der Waals surface area contributed by atoms with Crippen molar-refractivity contribution in [1.82, 2.24) is 0 Å². The van der Waals surface area contributed by atoms with Gasteiger partial charge in [-0.3, -0.25) is 0 Å². The highest BCUT2D eigenvalue weighted by molar-refractivity contribution is 14.1. The molecule has 0 atom stereocenters. The summed E-state index contributed by atoms with van der Waals surface area (Å²) >= 11 is 5.62. The van der Waals surface area contributed by atoms with Gasteiger partial charge in [-0.2, -0.15) is 0 Å². The Hall–Kier alpha value is -0.820. The molecule has 0 aliphatic rings. The van der Waals surface area contributed by atoms with Crippen LogP contribution in [0.25, 0.3) is 0 Å². The van der Waals surface area contributed by atoms with Gasteiger partial charge in [0, 0.05) is 20.3 Å². The Kier molecular flexibility index (Phi) is 5.04. The molecule has 0 unspecified atom stereocenters. The second-order valence-corrected chi connectivity index (χ2v) is 5.95. The quantitative estimate of drug-likeness (QED) is 0.695. The summed E-state index contributed by atoms with van der Waals surface area (Å²) in [5.41, 5.74) is 2.00. The predicted octanol–water partition coefficient (Wildman–Crippen LogP) is 4.81. The van der Waals surface area contributed by atoms with Gasteiger partial charge in [-0.1, -0.05) is 15.9 Å². The highest BCUT2D eigenvalue weighted by Gasteiger charge is 2.05. The van der Waals surface area contributed by atoms with Gasteiger partial charge in [-0.05, 0) is 64.6 Å². The molecule has 0 aliphatic heterocycles. The lowest BCUT2D eigenvalue weighted by Gasteiger charge is -2.11. The molecule has 0 radical (unpaired) electrons. The van der Waals surface area contributed by atoms with Crippen LogP contribution in [-0.2, 0) is 6.54 Å². The van der Waals surface area contributed by atoms with Gasteiger partial charge >= 0.3 is 0 Å². The zero-order chi connectivity index (χ0) is 13.8. The maximum atomic E-state index is 13.0. The lowest BCUT2D eigenvalue weighted by atomic mass is 10.2. The van der Waals surface area contributed by atoms with Crippen molar-refractivity contribution < 1.29 is 9.13 Å². The van der Waals surface area contributed by atoms with Crippen LogP contribution in [0.2, 0.25) is 0 Å². The van der Waals surface area contributed by atoms with Crippen LogP contribution < -0.4 is 10.1 Å². The molecule has 0 aliphatic carbocycles. The van der Waals surface area contributed by atoms with Gasteiger partial charge in [-0.15, -0.1) is 0 Å². The number of rotatable bonds is 4. The summed E-state index contributed by atoms with van der Waals surface area (Å²) in [5, 5.41) is 3.29. The van der Waals surface area contributed by atoms with E-state index in [1.807, 2.05) is 18.2 Å². The Morgan fingerprint density at radius 1 is 1.26 bits per heavy atom. The molecule has 5 heteroatoms. The molecule has 0 spiro atoms. The highest BCUT2D eigenvalue weighted by atomic mass is 127. The van der Waals surface area contributed by atoms with E-state index in [0.29, 0.717) is 6.54 Å². The van der Waals surface area contributed by atoms with Gasteiger partial charge < -0.3 is 10.1 Å². The van der Waals surface area contributed by atoms with Crippen LogP contribution in [0.4, 0.5) is 10.1 Å². The van der Waals surface area contributed by atoms with Crippen LogP contribution in [0.3, 0.4) is 0 Å². The highest BCUT2D eigenvalue weighted by Crippen LogP contribution is 2.25. The van der Waals surface area contributed by atoms with Crippen molar-refractivity contribution in [3.05, 3.63) is 55.8 Å². The molecule has 2 aromatic carbocycles. The summed E-state index contributed by atoms with van der Waals surface area (Å²) in [5.74, 6) is 0.589. The number of benzene rings is 2. The van der Waals surface area contributed by atoms with E-state index in [4.69, 9.17) is 4.74 Å². The van der Waals surface area contributed by atoms with Crippen molar-refractivity contribution in [3.8, 4) is 5.75 Å². The first kappa shape index (κ1) is 14.6. The second-order valence-electron chi connectivity index (χ2n) is 3.94. The number of ether oxygens (including phenoxy) is 1. The van der Waals surface area contributed by atoms with Crippen molar-refractivity contribution in [3.63, 3.8) is 0 Å². The summed E-state index contributed by atoms with van der Waals surface area (Å²) in [6, 6.07) is 10.5. The monoisotopic (exact) mass is 435 g/mol. The van der Waals surface area contributed by atoms with Crippen LogP contribution in [0.15, 0.2) is 40.9 Å². The standard InChI is InChI=1S/C14H12BrFINO/c1-19-11-3-4-12(15)9(6-11)8-18-14-5-2-10(16)7-13(14)17/h2-7,18H,8H2,1H3. The first-order chi connectivity index (χ1) is 9.10. The number of methoxy groups -OCH3 is 1. The molecule has 0 amide bonds. The van der Waals surface area contributed by atoms with E-state index in [-0.39, 0.29) is 5.82 Å². The number of halogens is 3. The van der Waals surface area contributed by atoms with Crippen LogP contribution in [0, 0.1) is 9.39 Å². The minimum Gasteiger partial charge on any atom is -0.497 e. The summed E-state index contributed by atoms with van der Waals surface area (Å²) < 4.78 is 20.1. The van der Waals surface area contributed by atoms with E-state index < -0.39 is 0 Å². The van der Waals surface area contributed by atoms with Crippen LogP contribution in [-0.4, -0.2) is 7.11 Å². The van der Waals surface area contributed by atoms with Gasteiger partial charge in [0.05, 0.1) is 7.11 Å².